The molecule has 4 rings (SSSR count). The second-order valence-electron chi connectivity index (χ2n) is 5.54. The van der Waals surface area contributed by atoms with Gasteiger partial charge in [0.1, 0.15) is 5.58 Å². The highest BCUT2D eigenvalue weighted by Gasteiger charge is 2.20. The lowest BCUT2D eigenvalue weighted by molar-refractivity contribution is 0.0997. The maximum Gasteiger partial charge on any atom is 0.292 e. The maximum absolute atomic E-state index is 12.5. The molecule has 0 saturated carbocycles. The second-order valence-corrected chi connectivity index (χ2v) is 5.54. The highest BCUT2D eigenvalue weighted by Crippen LogP contribution is 2.32. The molecule has 2 heterocycles. The summed E-state index contributed by atoms with van der Waals surface area (Å²) in [6.45, 7) is 1.84. The lowest BCUT2D eigenvalue weighted by atomic mass is 10.1. The Morgan fingerprint density at radius 1 is 1.08 bits per heavy atom. The Hall–Kier alpha value is -3.34. The number of anilines is 1. The molecular formula is C19H14N2O3. The maximum atomic E-state index is 12.5. The molecule has 0 unspecified atom stereocenters. The van der Waals surface area contributed by atoms with Crippen LogP contribution in [0, 0.1) is 6.92 Å². The van der Waals surface area contributed by atoms with Gasteiger partial charge in [-0.25, -0.2) is 4.98 Å². The zero-order chi connectivity index (χ0) is 16.7. The summed E-state index contributed by atoms with van der Waals surface area (Å²) in [4.78, 5) is 16.5. The molecular weight excluding hydrogens is 304 g/mol. The summed E-state index contributed by atoms with van der Waals surface area (Å²) >= 11 is 0. The summed E-state index contributed by atoms with van der Waals surface area (Å²) in [6.07, 6.45) is 1.49. The molecule has 0 aliphatic rings. The fraction of sp³-hybridized carbons (Fsp3) is 0.0526. The van der Waals surface area contributed by atoms with Crippen molar-refractivity contribution >= 4 is 33.5 Å². The number of nitrogens with one attached hydrogen (secondary N) is 1. The van der Waals surface area contributed by atoms with Crippen LogP contribution in [0.25, 0.3) is 21.7 Å². The molecule has 118 valence electrons. The molecule has 0 spiro atoms. The molecule has 5 heteroatoms. The number of aromatic hydroxyl groups is 1. The molecule has 24 heavy (non-hydrogen) atoms. The third kappa shape index (κ3) is 2.18. The molecule has 0 aliphatic carbocycles. The summed E-state index contributed by atoms with van der Waals surface area (Å²) in [5, 5.41) is 15.2. The van der Waals surface area contributed by atoms with Crippen LogP contribution in [-0.4, -0.2) is 16.0 Å². The number of nitrogens with zero attached hydrogens (tertiary/aromatic N) is 1. The van der Waals surface area contributed by atoms with Crippen molar-refractivity contribution in [2.24, 2.45) is 0 Å². The van der Waals surface area contributed by atoms with Crippen LogP contribution in [0.3, 0.4) is 0 Å². The second kappa shape index (κ2) is 5.38. The summed E-state index contributed by atoms with van der Waals surface area (Å²) in [5.41, 5.74) is 1.43. The first kappa shape index (κ1) is 14.3. The van der Waals surface area contributed by atoms with E-state index in [0.717, 1.165) is 21.7 Å². The fourth-order valence-corrected chi connectivity index (χ4v) is 2.82. The Labute approximate surface area is 137 Å². The normalized spacial score (nSPS) is 11.0. The molecule has 0 radical (unpaired) electrons. The number of aryl methyl sites for hydroxylation is 1. The first-order valence-electron chi connectivity index (χ1n) is 7.51. The summed E-state index contributed by atoms with van der Waals surface area (Å²) in [6, 6.07) is 14.9. The Morgan fingerprint density at radius 3 is 2.75 bits per heavy atom. The lowest BCUT2D eigenvalue weighted by Gasteiger charge is -2.04. The number of benzene rings is 2. The topological polar surface area (TPSA) is 75.4 Å². The van der Waals surface area contributed by atoms with Crippen molar-refractivity contribution in [2.75, 3.05) is 5.32 Å². The Morgan fingerprint density at radius 2 is 1.92 bits per heavy atom. The van der Waals surface area contributed by atoms with Gasteiger partial charge in [0.2, 0.25) is 0 Å². The van der Waals surface area contributed by atoms with Crippen LogP contribution in [0.1, 0.15) is 16.1 Å². The van der Waals surface area contributed by atoms with Crippen LogP contribution in [-0.2, 0) is 0 Å². The molecule has 0 saturated heterocycles. The number of rotatable bonds is 2. The van der Waals surface area contributed by atoms with E-state index < -0.39 is 5.91 Å². The summed E-state index contributed by atoms with van der Waals surface area (Å²) in [7, 11) is 0. The van der Waals surface area contributed by atoms with Crippen LogP contribution < -0.4 is 5.32 Å². The predicted molar refractivity (Wildman–Crippen MR) is 92.3 cm³/mol. The summed E-state index contributed by atoms with van der Waals surface area (Å²) < 4.78 is 5.86. The van der Waals surface area contributed by atoms with Crippen molar-refractivity contribution < 1.29 is 14.3 Å². The van der Waals surface area contributed by atoms with E-state index in [1.54, 1.807) is 6.07 Å². The van der Waals surface area contributed by atoms with Gasteiger partial charge in [-0.2, -0.15) is 0 Å². The Balaban J connectivity index is 1.82. The Kier molecular flexibility index (Phi) is 3.20. The summed E-state index contributed by atoms with van der Waals surface area (Å²) in [5.74, 6) is -0.217. The van der Waals surface area contributed by atoms with Gasteiger partial charge in [0, 0.05) is 22.5 Å². The molecule has 0 bridgehead atoms. The van der Waals surface area contributed by atoms with Crippen LogP contribution >= 0.6 is 0 Å². The average Bonchev–Trinajstić information content (AvgIpc) is 2.94. The standard InChI is InChI=1S/C19H14N2O3/c1-11-13-9-8-12-5-2-3-6-14(12)17(13)24-16(11)19(23)21-18-15(22)7-4-10-20-18/h2-10,22H,1H3,(H,20,21,23). The number of furan rings is 1. The molecule has 5 nitrogen and oxygen atoms in total. The molecule has 4 aromatic rings. The molecule has 2 aromatic carbocycles. The number of aromatic nitrogens is 1. The fourth-order valence-electron chi connectivity index (χ4n) is 2.82. The number of pyridine rings is 1. The van der Waals surface area contributed by atoms with Crippen LogP contribution in [0.4, 0.5) is 5.82 Å². The largest absolute Gasteiger partial charge is 0.504 e. The third-order valence-electron chi connectivity index (χ3n) is 4.05. The number of hydrogen-bond donors (Lipinski definition) is 2. The molecule has 2 aromatic heterocycles. The monoisotopic (exact) mass is 318 g/mol. The first-order valence-corrected chi connectivity index (χ1v) is 7.51. The number of carbonyl (C=O) groups is 1. The zero-order valence-electron chi connectivity index (χ0n) is 12.9. The van der Waals surface area contributed by atoms with E-state index in [0.29, 0.717) is 5.58 Å². The molecule has 0 aliphatic heterocycles. The van der Waals surface area contributed by atoms with Crippen molar-refractivity contribution in [1.29, 1.82) is 0 Å². The average molecular weight is 318 g/mol. The van der Waals surface area contributed by atoms with Crippen molar-refractivity contribution in [3.05, 3.63) is 66.1 Å². The molecule has 2 N–H and O–H groups in total. The van der Waals surface area contributed by atoms with E-state index in [-0.39, 0.29) is 17.3 Å². The van der Waals surface area contributed by atoms with Gasteiger partial charge in [0.15, 0.2) is 17.3 Å². The van der Waals surface area contributed by atoms with Gasteiger partial charge in [0.05, 0.1) is 0 Å². The molecule has 0 atom stereocenters. The van der Waals surface area contributed by atoms with Gasteiger partial charge in [-0.15, -0.1) is 0 Å². The molecule has 1 amide bonds. The van der Waals surface area contributed by atoms with Crippen molar-refractivity contribution in [1.82, 2.24) is 4.98 Å². The van der Waals surface area contributed by atoms with Crippen molar-refractivity contribution in [2.45, 2.75) is 6.92 Å². The minimum absolute atomic E-state index is 0.0925. The lowest BCUT2D eigenvalue weighted by Crippen LogP contribution is -2.13. The van der Waals surface area contributed by atoms with E-state index in [9.17, 15) is 9.90 Å². The first-order chi connectivity index (χ1) is 11.6. The number of fused-ring (bicyclic) bond motifs is 3. The van der Waals surface area contributed by atoms with E-state index in [1.165, 1.54) is 12.3 Å². The van der Waals surface area contributed by atoms with Gasteiger partial charge in [-0.3, -0.25) is 4.79 Å². The minimum atomic E-state index is -0.443. The van der Waals surface area contributed by atoms with Gasteiger partial charge >= 0.3 is 0 Å². The SMILES string of the molecule is Cc1c(C(=O)Nc2ncccc2O)oc2c1ccc1ccccc12. The van der Waals surface area contributed by atoms with E-state index in [4.69, 9.17) is 4.42 Å². The van der Waals surface area contributed by atoms with Gasteiger partial charge < -0.3 is 14.8 Å². The van der Waals surface area contributed by atoms with Gasteiger partial charge in [-0.1, -0.05) is 36.4 Å². The quantitative estimate of drug-likeness (QED) is 0.579. The van der Waals surface area contributed by atoms with Gasteiger partial charge in [0.25, 0.3) is 5.91 Å². The Bertz CT molecular complexity index is 1080. The highest BCUT2D eigenvalue weighted by atomic mass is 16.3. The van der Waals surface area contributed by atoms with E-state index in [1.807, 2.05) is 43.3 Å². The van der Waals surface area contributed by atoms with Crippen LogP contribution in [0.15, 0.2) is 59.1 Å². The van der Waals surface area contributed by atoms with Crippen molar-refractivity contribution in [3.63, 3.8) is 0 Å². The number of carbonyl (C=O) groups excluding carboxylic acids is 1. The number of hydrogen-bond acceptors (Lipinski definition) is 4. The van der Waals surface area contributed by atoms with E-state index in [2.05, 4.69) is 10.3 Å². The van der Waals surface area contributed by atoms with Gasteiger partial charge in [-0.05, 0) is 24.4 Å². The molecule has 0 fully saturated rings. The predicted octanol–water partition coefficient (Wildman–Crippen LogP) is 4.25. The zero-order valence-corrected chi connectivity index (χ0v) is 12.9. The number of amides is 1. The van der Waals surface area contributed by atoms with Crippen LogP contribution in [0.5, 0.6) is 5.75 Å². The van der Waals surface area contributed by atoms with E-state index >= 15 is 0 Å². The van der Waals surface area contributed by atoms with Crippen LogP contribution in [0.2, 0.25) is 0 Å². The van der Waals surface area contributed by atoms with Crippen molar-refractivity contribution in [3.8, 4) is 5.75 Å². The smallest absolute Gasteiger partial charge is 0.292 e. The highest BCUT2D eigenvalue weighted by molar-refractivity contribution is 6.11. The minimum Gasteiger partial charge on any atom is -0.504 e. The third-order valence-corrected chi connectivity index (χ3v) is 4.05.